The molecular weight excluding hydrogens is 232 g/mol. The Bertz CT molecular complexity index is 335. The fourth-order valence-corrected chi connectivity index (χ4v) is 2.80. The molecule has 2 unspecified atom stereocenters. The van der Waals surface area contributed by atoms with Gasteiger partial charge in [-0.15, -0.1) is 0 Å². The number of esters is 1. The van der Waals surface area contributed by atoms with E-state index in [2.05, 4.69) is 14.8 Å². The number of methoxy groups -OCH3 is 1. The summed E-state index contributed by atoms with van der Waals surface area (Å²) in [5.74, 6) is -0.740. The highest BCUT2D eigenvalue weighted by molar-refractivity contribution is 7.90. The van der Waals surface area contributed by atoms with E-state index in [-0.39, 0.29) is 6.04 Å². The topological polar surface area (TPSA) is 84.5 Å². The summed E-state index contributed by atoms with van der Waals surface area (Å²) in [4.78, 5) is 11.1. The van der Waals surface area contributed by atoms with Gasteiger partial charge in [0.25, 0.3) is 0 Å². The number of sulfonamides is 1. The average molecular weight is 250 g/mol. The molecule has 1 fully saturated rings. The maximum Gasteiger partial charge on any atom is 0.325 e. The van der Waals surface area contributed by atoms with Gasteiger partial charge in [-0.2, -0.15) is 0 Å². The van der Waals surface area contributed by atoms with Crippen molar-refractivity contribution in [1.29, 1.82) is 0 Å². The van der Waals surface area contributed by atoms with Gasteiger partial charge in [0.2, 0.25) is 10.0 Å². The van der Waals surface area contributed by atoms with E-state index >= 15 is 0 Å². The summed E-state index contributed by atoms with van der Waals surface area (Å²) in [5.41, 5.74) is 0. The average Bonchev–Trinajstić information content (AvgIpc) is 2.27. The number of carbonyl (C=O) groups excluding carboxylic acids is 1. The van der Waals surface area contributed by atoms with Crippen LogP contribution in [0.1, 0.15) is 19.8 Å². The number of hydrogen-bond donors (Lipinski definition) is 2. The van der Waals surface area contributed by atoms with E-state index in [1.807, 2.05) is 0 Å². The van der Waals surface area contributed by atoms with Crippen molar-refractivity contribution in [2.75, 3.05) is 20.2 Å². The Labute approximate surface area is 95.8 Å². The zero-order valence-corrected chi connectivity index (χ0v) is 10.3. The van der Waals surface area contributed by atoms with Crippen LogP contribution in [0, 0.1) is 0 Å². The highest BCUT2D eigenvalue weighted by atomic mass is 32.2. The second-order valence-corrected chi connectivity index (χ2v) is 5.90. The van der Waals surface area contributed by atoms with E-state index in [9.17, 15) is 13.2 Å². The van der Waals surface area contributed by atoms with E-state index in [0.717, 1.165) is 19.4 Å². The van der Waals surface area contributed by atoms with E-state index in [1.54, 1.807) is 0 Å². The first kappa shape index (κ1) is 13.4. The fourth-order valence-electron chi connectivity index (χ4n) is 1.58. The van der Waals surface area contributed by atoms with E-state index < -0.39 is 21.2 Å². The van der Waals surface area contributed by atoms with Gasteiger partial charge in [0, 0.05) is 12.6 Å². The molecule has 0 amide bonds. The molecular formula is C9H18N2O4S. The maximum absolute atomic E-state index is 11.8. The fraction of sp³-hybridized carbons (Fsp3) is 0.889. The Hall–Kier alpha value is -0.660. The first-order chi connectivity index (χ1) is 7.47. The minimum absolute atomic E-state index is 0.133. The van der Waals surface area contributed by atoms with E-state index in [1.165, 1.54) is 14.0 Å². The molecule has 0 saturated carbocycles. The Kier molecular flexibility index (Phi) is 4.69. The monoisotopic (exact) mass is 250 g/mol. The van der Waals surface area contributed by atoms with Crippen LogP contribution in [0.5, 0.6) is 0 Å². The molecule has 0 radical (unpaired) electrons. The Morgan fingerprint density at radius 3 is 2.75 bits per heavy atom. The molecule has 1 aliphatic rings. The Balaban J connectivity index is 2.59. The quantitative estimate of drug-likeness (QED) is 0.639. The van der Waals surface area contributed by atoms with Crippen LogP contribution >= 0.6 is 0 Å². The number of hydrogen-bond acceptors (Lipinski definition) is 5. The lowest BCUT2D eigenvalue weighted by Gasteiger charge is -2.24. The molecule has 0 bridgehead atoms. The highest BCUT2D eigenvalue weighted by Crippen LogP contribution is 2.07. The summed E-state index contributed by atoms with van der Waals surface area (Å²) >= 11 is 0. The maximum atomic E-state index is 11.8. The minimum Gasteiger partial charge on any atom is -0.468 e. The van der Waals surface area contributed by atoms with Crippen molar-refractivity contribution in [3.8, 4) is 0 Å². The Morgan fingerprint density at radius 2 is 2.25 bits per heavy atom. The molecule has 6 nitrogen and oxygen atoms in total. The van der Waals surface area contributed by atoms with Crippen molar-refractivity contribution in [3.63, 3.8) is 0 Å². The second kappa shape index (κ2) is 5.60. The number of ether oxygens (including phenoxy) is 1. The molecule has 0 spiro atoms. The normalized spacial score (nSPS) is 23.8. The van der Waals surface area contributed by atoms with Gasteiger partial charge in [-0.25, -0.2) is 13.1 Å². The Morgan fingerprint density at radius 1 is 1.56 bits per heavy atom. The smallest absolute Gasteiger partial charge is 0.325 e. The van der Waals surface area contributed by atoms with Crippen molar-refractivity contribution in [3.05, 3.63) is 0 Å². The van der Waals surface area contributed by atoms with Crippen molar-refractivity contribution in [2.45, 2.75) is 31.1 Å². The molecule has 0 aromatic heterocycles. The summed E-state index contributed by atoms with van der Waals surface area (Å²) in [7, 11) is -2.46. The van der Waals surface area contributed by atoms with Gasteiger partial charge in [0.15, 0.2) is 5.25 Å². The number of rotatable bonds is 4. The van der Waals surface area contributed by atoms with Gasteiger partial charge in [0.1, 0.15) is 0 Å². The van der Waals surface area contributed by atoms with Crippen molar-refractivity contribution >= 4 is 16.0 Å². The number of carbonyl (C=O) groups is 1. The van der Waals surface area contributed by atoms with E-state index in [0.29, 0.717) is 6.54 Å². The number of piperidine rings is 1. The molecule has 16 heavy (non-hydrogen) atoms. The van der Waals surface area contributed by atoms with Gasteiger partial charge < -0.3 is 10.1 Å². The lowest BCUT2D eigenvalue weighted by atomic mass is 10.1. The summed E-state index contributed by atoms with van der Waals surface area (Å²) in [6.07, 6.45) is 1.72. The first-order valence-corrected chi connectivity index (χ1v) is 6.81. The summed E-state index contributed by atoms with van der Waals surface area (Å²) in [5, 5.41) is 1.93. The van der Waals surface area contributed by atoms with E-state index in [4.69, 9.17) is 0 Å². The predicted octanol–water partition coefficient (Wildman–Crippen LogP) is -0.781. The molecule has 2 N–H and O–H groups in total. The van der Waals surface area contributed by atoms with Crippen LogP contribution < -0.4 is 10.0 Å². The summed E-state index contributed by atoms with van der Waals surface area (Å²) < 4.78 is 30.5. The molecule has 1 rings (SSSR count). The summed E-state index contributed by atoms with van der Waals surface area (Å²) in [6, 6.07) is -0.133. The first-order valence-electron chi connectivity index (χ1n) is 5.27. The predicted molar refractivity (Wildman–Crippen MR) is 59.4 cm³/mol. The second-order valence-electron chi connectivity index (χ2n) is 3.87. The largest absolute Gasteiger partial charge is 0.468 e. The third kappa shape index (κ3) is 3.43. The van der Waals surface area contributed by atoms with Crippen LogP contribution in [0.25, 0.3) is 0 Å². The van der Waals surface area contributed by atoms with Crippen LogP contribution in [-0.4, -0.2) is 45.9 Å². The molecule has 1 aliphatic heterocycles. The summed E-state index contributed by atoms with van der Waals surface area (Å²) in [6.45, 7) is 2.84. The van der Waals surface area contributed by atoms with Crippen LogP contribution in [0.2, 0.25) is 0 Å². The molecule has 0 aliphatic carbocycles. The van der Waals surface area contributed by atoms with Gasteiger partial charge in [-0.3, -0.25) is 4.79 Å². The standard InChI is InChI=1S/C9H18N2O4S/c1-7(9(12)15-2)16(13,14)11-8-4-3-5-10-6-8/h7-8,10-11H,3-6H2,1-2H3. The van der Waals surface area contributed by atoms with Crippen LogP contribution in [0.15, 0.2) is 0 Å². The number of nitrogens with one attached hydrogen (secondary N) is 2. The minimum atomic E-state index is -3.64. The SMILES string of the molecule is COC(=O)C(C)S(=O)(=O)NC1CCCNC1. The molecule has 1 saturated heterocycles. The zero-order chi connectivity index (χ0) is 12.2. The van der Waals surface area contributed by atoms with Gasteiger partial charge in [-0.1, -0.05) is 0 Å². The van der Waals surface area contributed by atoms with Crippen LogP contribution in [0.3, 0.4) is 0 Å². The molecule has 1 heterocycles. The lowest BCUT2D eigenvalue weighted by Crippen LogP contribution is -2.49. The van der Waals surface area contributed by atoms with Crippen LogP contribution in [-0.2, 0) is 19.6 Å². The van der Waals surface area contributed by atoms with Gasteiger partial charge in [0.05, 0.1) is 7.11 Å². The highest BCUT2D eigenvalue weighted by Gasteiger charge is 2.31. The van der Waals surface area contributed by atoms with Crippen molar-refractivity contribution in [2.24, 2.45) is 0 Å². The zero-order valence-electron chi connectivity index (χ0n) is 9.52. The molecule has 0 aromatic rings. The third-order valence-electron chi connectivity index (χ3n) is 2.63. The lowest BCUT2D eigenvalue weighted by molar-refractivity contribution is -0.139. The molecule has 94 valence electrons. The molecule has 7 heteroatoms. The van der Waals surface area contributed by atoms with Gasteiger partial charge in [-0.05, 0) is 26.3 Å². The van der Waals surface area contributed by atoms with Crippen molar-refractivity contribution < 1.29 is 17.9 Å². The van der Waals surface area contributed by atoms with Crippen LogP contribution in [0.4, 0.5) is 0 Å². The van der Waals surface area contributed by atoms with Crippen molar-refractivity contribution in [1.82, 2.24) is 10.0 Å². The third-order valence-corrected chi connectivity index (χ3v) is 4.41. The molecule has 0 aromatic carbocycles. The molecule has 2 atom stereocenters. The van der Waals surface area contributed by atoms with Gasteiger partial charge >= 0.3 is 5.97 Å².